The van der Waals surface area contributed by atoms with Crippen LogP contribution in [0.4, 0.5) is 0 Å². The first kappa shape index (κ1) is 27.9. The number of rotatable bonds is 4. The lowest BCUT2D eigenvalue weighted by Gasteiger charge is -2.22. The predicted molar refractivity (Wildman–Crippen MR) is 203 cm³/mol. The van der Waals surface area contributed by atoms with Crippen molar-refractivity contribution in [3.05, 3.63) is 163 Å². The van der Waals surface area contributed by atoms with E-state index in [9.17, 15) is 0 Å². The SMILES string of the molecule is CC1(C)c2ccccc2-c2ccc(-c3cc(-c4ccccc4-c4cccnc4)nc(-c4ccc5ccc6cccc7ccc4c5c67)n3)cc21. The van der Waals surface area contributed by atoms with Gasteiger partial charge in [0.1, 0.15) is 0 Å². The molecule has 2 heterocycles. The average molecular weight is 626 g/mol. The molecule has 49 heavy (non-hydrogen) atoms. The Morgan fingerprint density at radius 2 is 1.12 bits per heavy atom. The van der Waals surface area contributed by atoms with Gasteiger partial charge >= 0.3 is 0 Å². The zero-order valence-electron chi connectivity index (χ0n) is 27.3. The number of hydrogen-bond acceptors (Lipinski definition) is 3. The van der Waals surface area contributed by atoms with E-state index in [2.05, 4.69) is 152 Å². The van der Waals surface area contributed by atoms with Crippen molar-refractivity contribution >= 4 is 32.3 Å². The highest BCUT2D eigenvalue weighted by Crippen LogP contribution is 2.49. The number of pyridine rings is 1. The fourth-order valence-electron chi connectivity index (χ4n) is 8.13. The molecule has 0 spiro atoms. The molecule has 3 heteroatoms. The normalized spacial score (nSPS) is 13.3. The molecule has 0 unspecified atom stereocenters. The van der Waals surface area contributed by atoms with E-state index in [4.69, 9.17) is 9.97 Å². The molecule has 1 aliphatic carbocycles. The average Bonchev–Trinajstić information content (AvgIpc) is 3.39. The molecule has 0 aliphatic heterocycles. The van der Waals surface area contributed by atoms with Crippen LogP contribution in [0.1, 0.15) is 25.0 Å². The summed E-state index contributed by atoms with van der Waals surface area (Å²) in [5, 5.41) is 7.43. The highest BCUT2D eigenvalue weighted by atomic mass is 14.9. The molecule has 0 saturated heterocycles. The highest BCUT2D eigenvalue weighted by Gasteiger charge is 2.35. The molecule has 9 aromatic rings. The first-order valence-electron chi connectivity index (χ1n) is 16.9. The van der Waals surface area contributed by atoms with Gasteiger partial charge in [0.15, 0.2) is 5.82 Å². The fourth-order valence-corrected chi connectivity index (χ4v) is 8.13. The van der Waals surface area contributed by atoms with Gasteiger partial charge in [0.05, 0.1) is 11.4 Å². The minimum atomic E-state index is -0.111. The maximum Gasteiger partial charge on any atom is 0.161 e. The van der Waals surface area contributed by atoms with Gasteiger partial charge in [-0.2, -0.15) is 0 Å². The lowest BCUT2D eigenvalue weighted by molar-refractivity contribution is 0.660. The van der Waals surface area contributed by atoms with Gasteiger partial charge in [0.2, 0.25) is 0 Å². The Balaban J connectivity index is 1.24. The van der Waals surface area contributed by atoms with Gasteiger partial charge in [-0.05, 0) is 84.4 Å². The first-order valence-corrected chi connectivity index (χ1v) is 16.9. The lowest BCUT2D eigenvalue weighted by atomic mass is 9.82. The second-order valence-electron chi connectivity index (χ2n) is 13.6. The van der Waals surface area contributed by atoms with Gasteiger partial charge in [-0.15, -0.1) is 0 Å². The van der Waals surface area contributed by atoms with E-state index in [0.717, 1.165) is 50.4 Å². The van der Waals surface area contributed by atoms with E-state index in [1.54, 1.807) is 0 Å². The third-order valence-corrected chi connectivity index (χ3v) is 10.6. The molecular weight excluding hydrogens is 595 g/mol. The summed E-state index contributed by atoms with van der Waals surface area (Å²) >= 11 is 0. The van der Waals surface area contributed by atoms with Gasteiger partial charge in [0, 0.05) is 40.1 Å². The molecule has 0 radical (unpaired) electrons. The van der Waals surface area contributed by atoms with Crippen molar-refractivity contribution < 1.29 is 0 Å². The summed E-state index contributed by atoms with van der Waals surface area (Å²) in [6.45, 7) is 4.65. The second kappa shape index (κ2) is 10.4. The molecule has 0 saturated carbocycles. The van der Waals surface area contributed by atoms with Crippen molar-refractivity contribution in [1.82, 2.24) is 15.0 Å². The summed E-state index contributed by atoms with van der Waals surface area (Å²) in [4.78, 5) is 15.2. The van der Waals surface area contributed by atoms with Gasteiger partial charge in [-0.25, -0.2) is 9.97 Å². The topological polar surface area (TPSA) is 38.7 Å². The minimum Gasteiger partial charge on any atom is -0.264 e. The molecule has 0 bridgehead atoms. The zero-order valence-corrected chi connectivity index (χ0v) is 27.3. The maximum absolute atomic E-state index is 5.38. The van der Waals surface area contributed by atoms with Crippen LogP contribution < -0.4 is 0 Å². The van der Waals surface area contributed by atoms with Crippen molar-refractivity contribution in [2.24, 2.45) is 0 Å². The fraction of sp³-hybridized carbons (Fsp3) is 0.0652. The van der Waals surface area contributed by atoms with Crippen LogP contribution >= 0.6 is 0 Å². The monoisotopic (exact) mass is 625 g/mol. The van der Waals surface area contributed by atoms with Crippen LogP contribution in [0.2, 0.25) is 0 Å². The van der Waals surface area contributed by atoms with Crippen molar-refractivity contribution in [1.29, 1.82) is 0 Å². The molecule has 0 amide bonds. The zero-order chi connectivity index (χ0) is 32.7. The van der Waals surface area contributed by atoms with E-state index >= 15 is 0 Å². The van der Waals surface area contributed by atoms with Crippen molar-refractivity contribution in [2.75, 3.05) is 0 Å². The highest BCUT2D eigenvalue weighted by molar-refractivity contribution is 6.25. The van der Waals surface area contributed by atoms with Crippen LogP contribution in [0.15, 0.2) is 152 Å². The summed E-state index contributed by atoms with van der Waals surface area (Å²) in [5.74, 6) is 0.717. The number of aromatic nitrogens is 3. The van der Waals surface area contributed by atoms with Crippen LogP contribution in [0.5, 0.6) is 0 Å². The Labute approximate surface area is 284 Å². The van der Waals surface area contributed by atoms with Crippen LogP contribution in [-0.4, -0.2) is 15.0 Å². The van der Waals surface area contributed by atoms with Crippen LogP contribution in [0.25, 0.3) is 88.5 Å². The Morgan fingerprint density at radius 3 is 1.94 bits per heavy atom. The van der Waals surface area contributed by atoms with Gasteiger partial charge in [-0.3, -0.25) is 4.98 Å². The van der Waals surface area contributed by atoms with Gasteiger partial charge in [0.25, 0.3) is 0 Å². The Kier molecular flexibility index (Phi) is 5.92. The van der Waals surface area contributed by atoms with E-state index in [1.807, 2.05) is 18.5 Å². The predicted octanol–water partition coefficient (Wildman–Crippen LogP) is 11.7. The summed E-state index contributed by atoms with van der Waals surface area (Å²) in [6.07, 6.45) is 3.73. The molecule has 10 rings (SSSR count). The summed E-state index contributed by atoms with van der Waals surface area (Å²) in [7, 11) is 0. The van der Waals surface area contributed by atoms with Gasteiger partial charge in [-0.1, -0.05) is 129 Å². The number of nitrogens with zero attached hydrogens (tertiary/aromatic N) is 3. The van der Waals surface area contributed by atoms with Crippen molar-refractivity contribution in [2.45, 2.75) is 19.3 Å². The lowest BCUT2D eigenvalue weighted by Crippen LogP contribution is -2.14. The molecule has 0 fully saturated rings. The van der Waals surface area contributed by atoms with E-state index in [-0.39, 0.29) is 5.41 Å². The van der Waals surface area contributed by atoms with E-state index < -0.39 is 0 Å². The molecular formula is C46H31N3. The Hall–Kier alpha value is -6.19. The van der Waals surface area contributed by atoms with Crippen LogP contribution in [-0.2, 0) is 5.41 Å². The summed E-state index contributed by atoms with van der Waals surface area (Å²) in [6, 6.07) is 50.2. The number of hydrogen-bond donors (Lipinski definition) is 0. The minimum absolute atomic E-state index is 0.111. The molecule has 3 nitrogen and oxygen atoms in total. The molecule has 7 aromatic carbocycles. The van der Waals surface area contributed by atoms with Crippen LogP contribution in [0.3, 0.4) is 0 Å². The summed E-state index contributed by atoms with van der Waals surface area (Å²) in [5.41, 5.74) is 12.3. The maximum atomic E-state index is 5.38. The second-order valence-corrected chi connectivity index (χ2v) is 13.6. The van der Waals surface area contributed by atoms with Crippen LogP contribution in [0, 0.1) is 0 Å². The molecule has 2 aromatic heterocycles. The van der Waals surface area contributed by atoms with Gasteiger partial charge < -0.3 is 0 Å². The number of benzene rings is 7. The quantitative estimate of drug-likeness (QED) is 0.183. The third kappa shape index (κ3) is 4.19. The van der Waals surface area contributed by atoms with E-state index in [1.165, 1.54) is 49.2 Å². The summed E-state index contributed by atoms with van der Waals surface area (Å²) < 4.78 is 0. The van der Waals surface area contributed by atoms with E-state index in [0.29, 0.717) is 0 Å². The Bertz CT molecular complexity index is 2730. The molecule has 0 N–H and O–H groups in total. The third-order valence-electron chi connectivity index (χ3n) is 10.6. The smallest absolute Gasteiger partial charge is 0.161 e. The Morgan fingerprint density at radius 1 is 0.449 bits per heavy atom. The first-order chi connectivity index (χ1) is 24.0. The standard InChI is InChI=1S/C46H31N3/c1-46(2)39-15-6-5-13-34(39)35-21-20-31(25-40(35)46)41-26-42(36-14-4-3-12-33(36)32-11-8-24-47-27-32)49-45(48-41)38-23-19-30-17-16-28-9-7-10-29-18-22-37(38)44(30)43(28)29/h3-27H,1-2H3. The molecule has 0 atom stereocenters. The number of fused-ring (bicyclic) bond motifs is 3. The van der Waals surface area contributed by atoms with Crippen molar-refractivity contribution in [3.8, 4) is 56.2 Å². The van der Waals surface area contributed by atoms with Crippen molar-refractivity contribution in [3.63, 3.8) is 0 Å². The molecule has 230 valence electrons. The largest absolute Gasteiger partial charge is 0.264 e. The molecule has 1 aliphatic rings.